The van der Waals surface area contributed by atoms with E-state index in [1.807, 2.05) is 18.2 Å². The van der Waals surface area contributed by atoms with E-state index in [1.54, 1.807) is 6.08 Å². The lowest BCUT2D eigenvalue weighted by molar-refractivity contribution is -0.126. The van der Waals surface area contributed by atoms with Crippen LogP contribution in [0.5, 0.6) is 0 Å². The molecule has 136 valence electrons. The first-order valence-electron chi connectivity index (χ1n) is 9.58. The number of carbonyl (C=O) groups is 1. The largest absolute Gasteiger partial charge is 0.338 e. The quantitative estimate of drug-likeness (QED) is 0.791. The van der Waals surface area contributed by atoms with Gasteiger partial charge < -0.3 is 9.80 Å². The number of nitrogens with zero attached hydrogens (tertiary/aromatic N) is 3. The van der Waals surface area contributed by atoms with E-state index in [4.69, 9.17) is 0 Å². The lowest BCUT2D eigenvalue weighted by atomic mass is 10.1. The van der Waals surface area contributed by atoms with Crippen LogP contribution >= 0.6 is 0 Å². The van der Waals surface area contributed by atoms with Crippen LogP contribution in [0.1, 0.15) is 30.4 Å². The Labute approximate surface area is 152 Å². The van der Waals surface area contributed by atoms with Crippen molar-refractivity contribution in [1.29, 1.82) is 0 Å². The summed E-state index contributed by atoms with van der Waals surface area (Å²) in [7, 11) is 2.19. The van der Waals surface area contributed by atoms with Crippen molar-refractivity contribution in [2.75, 3.05) is 46.3 Å². The fourth-order valence-corrected chi connectivity index (χ4v) is 3.85. The third-order valence-corrected chi connectivity index (χ3v) is 5.47. The third kappa shape index (κ3) is 5.16. The van der Waals surface area contributed by atoms with Crippen molar-refractivity contribution in [3.05, 3.63) is 41.5 Å². The van der Waals surface area contributed by atoms with Crippen LogP contribution in [0.3, 0.4) is 0 Å². The standard InChI is InChI=1S/C21H31N3O/c1-18-6-5-7-19(16-18)9-10-21(25)24-11-4-3-8-20(17-24)23-14-12-22(2)13-15-23/h5-7,9-10,16,20H,3-4,8,11-15,17H2,1-2H3. The Morgan fingerprint density at radius 3 is 2.68 bits per heavy atom. The van der Waals surface area contributed by atoms with Crippen LogP contribution < -0.4 is 0 Å². The lowest BCUT2D eigenvalue weighted by Gasteiger charge is -2.39. The normalized spacial score (nSPS) is 23.8. The molecule has 2 aliphatic heterocycles. The molecular weight excluding hydrogens is 310 g/mol. The van der Waals surface area contributed by atoms with E-state index in [2.05, 4.69) is 40.8 Å². The van der Waals surface area contributed by atoms with Crippen LogP contribution in [-0.2, 0) is 4.79 Å². The monoisotopic (exact) mass is 341 g/mol. The molecule has 0 aromatic heterocycles. The molecule has 2 aliphatic rings. The van der Waals surface area contributed by atoms with Gasteiger partial charge in [0.25, 0.3) is 0 Å². The Bertz CT molecular complexity index is 605. The molecule has 0 bridgehead atoms. The van der Waals surface area contributed by atoms with Crippen molar-refractivity contribution in [3.63, 3.8) is 0 Å². The number of piperazine rings is 1. The maximum Gasteiger partial charge on any atom is 0.246 e. The molecule has 1 aromatic carbocycles. The number of hydrogen-bond donors (Lipinski definition) is 0. The molecule has 0 radical (unpaired) electrons. The number of benzene rings is 1. The molecule has 1 atom stereocenters. The van der Waals surface area contributed by atoms with Crippen molar-refractivity contribution < 1.29 is 4.79 Å². The Hall–Kier alpha value is -1.65. The zero-order valence-corrected chi connectivity index (χ0v) is 15.7. The van der Waals surface area contributed by atoms with Crippen molar-refractivity contribution in [2.24, 2.45) is 0 Å². The summed E-state index contributed by atoms with van der Waals surface area (Å²) < 4.78 is 0. The molecule has 25 heavy (non-hydrogen) atoms. The summed E-state index contributed by atoms with van der Waals surface area (Å²) in [5, 5.41) is 0. The highest BCUT2D eigenvalue weighted by Crippen LogP contribution is 2.18. The van der Waals surface area contributed by atoms with Crippen LogP contribution in [0, 0.1) is 6.92 Å². The molecule has 1 aromatic rings. The van der Waals surface area contributed by atoms with Gasteiger partial charge in [0.15, 0.2) is 0 Å². The predicted molar refractivity (Wildman–Crippen MR) is 104 cm³/mol. The van der Waals surface area contributed by atoms with Crippen molar-refractivity contribution >= 4 is 12.0 Å². The van der Waals surface area contributed by atoms with E-state index in [1.165, 1.54) is 18.4 Å². The van der Waals surface area contributed by atoms with Gasteiger partial charge in [-0.05, 0) is 38.5 Å². The zero-order chi connectivity index (χ0) is 17.6. The van der Waals surface area contributed by atoms with Gasteiger partial charge in [0.05, 0.1) is 0 Å². The second-order valence-corrected chi connectivity index (χ2v) is 7.52. The molecular formula is C21H31N3O. The molecule has 0 saturated carbocycles. The summed E-state index contributed by atoms with van der Waals surface area (Å²) in [6.45, 7) is 8.37. The maximum absolute atomic E-state index is 12.7. The molecule has 1 amide bonds. The smallest absolute Gasteiger partial charge is 0.246 e. The summed E-state index contributed by atoms with van der Waals surface area (Å²) in [6.07, 6.45) is 7.26. The lowest BCUT2D eigenvalue weighted by Crippen LogP contribution is -2.52. The number of aryl methyl sites for hydroxylation is 1. The van der Waals surface area contributed by atoms with E-state index >= 15 is 0 Å². The van der Waals surface area contributed by atoms with E-state index < -0.39 is 0 Å². The Balaban J connectivity index is 1.61. The maximum atomic E-state index is 12.7. The van der Waals surface area contributed by atoms with E-state index in [9.17, 15) is 4.79 Å². The fourth-order valence-electron chi connectivity index (χ4n) is 3.85. The first-order chi connectivity index (χ1) is 12.1. The molecule has 2 heterocycles. The summed E-state index contributed by atoms with van der Waals surface area (Å²) in [5.41, 5.74) is 2.32. The molecule has 0 spiro atoms. The zero-order valence-electron chi connectivity index (χ0n) is 15.7. The third-order valence-electron chi connectivity index (χ3n) is 5.47. The topological polar surface area (TPSA) is 26.8 Å². The summed E-state index contributed by atoms with van der Waals surface area (Å²) in [6, 6.07) is 8.79. The van der Waals surface area contributed by atoms with Crippen LogP contribution in [0.4, 0.5) is 0 Å². The number of amides is 1. The van der Waals surface area contributed by atoms with Gasteiger partial charge in [-0.25, -0.2) is 0 Å². The molecule has 0 aliphatic carbocycles. The van der Waals surface area contributed by atoms with E-state index in [0.29, 0.717) is 6.04 Å². The number of rotatable bonds is 3. The van der Waals surface area contributed by atoms with Gasteiger partial charge in [-0.2, -0.15) is 0 Å². The van der Waals surface area contributed by atoms with Gasteiger partial charge in [0.2, 0.25) is 5.91 Å². The van der Waals surface area contributed by atoms with Crippen LogP contribution in [0.2, 0.25) is 0 Å². The minimum absolute atomic E-state index is 0.155. The number of likely N-dealkylation sites (N-methyl/N-ethyl adjacent to an activating group) is 1. The molecule has 0 N–H and O–H groups in total. The highest BCUT2D eigenvalue weighted by Gasteiger charge is 2.27. The van der Waals surface area contributed by atoms with Crippen molar-refractivity contribution in [2.45, 2.75) is 32.2 Å². The minimum Gasteiger partial charge on any atom is -0.338 e. The van der Waals surface area contributed by atoms with Gasteiger partial charge in [0.1, 0.15) is 0 Å². The van der Waals surface area contributed by atoms with Gasteiger partial charge in [-0.1, -0.05) is 36.2 Å². The Morgan fingerprint density at radius 1 is 1.12 bits per heavy atom. The SMILES string of the molecule is Cc1cccc(C=CC(=O)N2CCCCC(N3CCN(C)CC3)C2)c1. The Kier molecular flexibility index (Phi) is 6.27. The van der Waals surface area contributed by atoms with E-state index in [0.717, 1.165) is 51.3 Å². The van der Waals surface area contributed by atoms with Crippen LogP contribution in [0.25, 0.3) is 6.08 Å². The molecule has 3 rings (SSSR count). The van der Waals surface area contributed by atoms with E-state index in [-0.39, 0.29) is 5.91 Å². The summed E-state index contributed by atoms with van der Waals surface area (Å²) in [4.78, 5) is 19.7. The van der Waals surface area contributed by atoms with Crippen molar-refractivity contribution in [3.8, 4) is 0 Å². The summed E-state index contributed by atoms with van der Waals surface area (Å²) >= 11 is 0. The van der Waals surface area contributed by atoms with Gasteiger partial charge >= 0.3 is 0 Å². The first-order valence-corrected chi connectivity index (χ1v) is 9.58. The molecule has 4 nitrogen and oxygen atoms in total. The van der Waals surface area contributed by atoms with Crippen LogP contribution in [-0.4, -0.2) is 73.0 Å². The highest BCUT2D eigenvalue weighted by molar-refractivity contribution is 5.91. The second kappa shape index (κ2) is 8.63. The predicted octanol–water partition coefficient (Wildman–Crippen LogP) is 2.64. The summed E-state index contributed by atoms with van der Waals surface area (Å²) in [5.74, 6) is 0.155. The average Bonchev–Trinajstić information content (AvgIpc) is 2.87. The molecule has 2 fully saturated rings. The first kappa shape index (κ1) is 18.2. The molecule has 1 unspecified atom stereocenters. The Morgan fingerprint density at radius 2 is 1.92 bits per heavy atom. The number of likely N-dealkylation sites (tertiary alicyclic amines) is 1. The second-order valence-electron chi connectivity index (χ2n) is 7.52. The minimum atomic E-state index is 0.155. The van der Waals surface area contributed by atoms with Gasteiger partial charge in [-0.15, -0.1) is 0 Å². The fraction of sp³-hybridized carbons (Fsp3) is 0.571. The van der Waals surface area contributed by atoms with Crippen LogP contribution in [0.15, 0.2) is 30.3 Å². The number of carbonyl (C=O) groups excluding carboxylic acids is 1. The average molecular weight is 341 g/mol. The van der Waals surface area contributed by atoms with Gasteiger partial charge in [0, 0.05) is 51.4 Å². The highest BCUT2D eigenvalue weighted by atomic mass is 16.2. The molecule has 4 heteroatoms. The molecule has 2 saturated heterocycles. The van der Waals surface area contributed by atoms with Gasteiger partial charge in [-0.3, -0.25) is 9.69 Å². The van der Waals surface area contributed by atoms with Crippen molar-refractivity contribution in [1.82, 2.24) is 14.7 Å². The number of hydrogen-bond acceptors (Lipinski definition) is 3.